The van der Waals surface area contributed by atoms with Crippen molar-refractivity contribution >= 4 is 0 Å². The number of likely N-dealkylation sites (tertiary alicyclic amines) is 1. The van der Waals surface area contributed by atoms with Crippen molar-refractivity contribution < 1.29 is 5.11 Å². The largest absolute Gasteiger partial charge is 0.386 e. The van der Waals surface area contributed by atoms with Crippen molar-refractivity contribution in [2.75, 3.05) is 19.6 Å². The van der Waals surface area contributed by atoms with E-state index < -0.39 is 5.60 Å². The summed E-state index contributed by atoms with van der Waals surface area (Å²) in [4.78, 5) is 2.49. The molecule has 1 heterocycles. The van der Waals surface area contributed by atoms with E-state index in [1.807, 2.05) is 0 Å². The lowest BCUT2D eigenvalue weighted by molar-refractivity contribution is 0.0508. The number of hydrogen-bond acceptors (Lipinski definition) is 2. The highest BCUT2D eigenvalue weighted by atomic mass is 16.3. The van der Waals surface area contributed by atoms with Gasteiger partial charge in [0.15, 0.2) is 0 Å². The van der Waals surface area contributed by atoms with E-state index in [0.29, 0.717) is 0 Å². The summed E-state index contributed by atoms with van der Waals surface area (Å²) >= 11 is 0. The number of rotatable bonds is 3. The predicted molar refractivity (Wildman–Crippen MR) is 67.5 cm³/mol. The molecule has 2 nitrogen and oxygen atoms in total. The molecule has 0 unspecified atom stereocenters. The fraction of sp³-hybridized carbons (Fsp3) is 0.857. The molecular formula is C14H25NO. The third-order valence-electron chi connectivity index (χ3n) is 3.96. The number of piperidine rings is 1. The fourth-order valence-corrected chi connectivity index (χ4v) is 2.89. The van der Waals surface area contributed by atoms with Crippen molar-refractivity contribution in [2.24, 2.45) is 0 Å². The van der Waals surface area contributed by atoms with Crippen molar-refractivity contribution in [3.8, 4) is 0 Å². The Hall–Kier alpha value is -0.340. The van der Waals surface area contributed by atoms with Crippen LogP contribution < -0.4 is 0 Å². The van der Waals surface area contributed by atoms with Crippen LogP contribution in [-0.4, -0.2) is 35.2 Å². The first-order chi connectivity index (χ1) is 7.79. The fourth-order valence-electron chi connectivity index (χ4n) is 2.89. The second-order valence-corrected chi connectivity index (χ2v) is 5.43. The van der Waals surface area contributed by atoms with E-state index >= 15 is 0 Å². The Bertz CT molecular complexity index is 225. The summed E-state index contributed by atoms with van der Waals surface area (Å²) < 4.78 is 0. The van der Waals surface area contributed by atoms with Gasteiger partial charge in [0.25, 0.3) is 0 Å². The third kappa shape index (κ3) is 3.60. The predicted octanol–water partition coefficient (Wildman–Crippen LogP) is 2.72. The summed E-state index contributed by atoms with van der Waals surface area (Å²) in [7, 11) is 0. The average molecular weight is 223 g/mol. The minimum Gasteiger partial charge on any atom is -0.386 e. The SMILES string of the molecule is OC1(C=CCN2CCCCC2)CCCCC1. The summed E-state index contributed by atoms with van der Waals surface area (Å²) in [5, 5.41) is 10.3. The normalized spacial score (nSPS) is 27.3. The molecule has 1 N–H and O–H groups in total. The van der Waals surface area contributed by atoms with Crippen LogP contribution in [0.25, 0.3) is 0 Å². The zero-order chi connectivity index (χ0) is 11.3. The molecule has 92 valence electrons. The second-order valence-electron chi connectivity index (χ2n) is 5.43. The van der Waals surface area contributed by atoms with Gasteiger partial charge in [-0.05, 0) is 38.8 Å². The second kappa shape index (κ2) is 5.83. The first kappa shape index (κ1) is 12.1. The Balaban J connectivity index is 1.74. The summed E-state index contributed by atoms with van der Waals surface area (Å²) in [5.74, 6) is 0. The van der Waals surface area contributed by atoms with Gasteiger partial charge < -0.3 is 5.11 Å². The van der Waals surface area contributed by atoms with Gasteiger partial charge in [0.1, 0.15) is 0 Å². The Labute approximate surface area is 99.3 Å². The van der Waals surface area contributed by atoms with Crippen LogP contribution in [-0.2, 0) is 0 Å². The molecule has 0 atom stereocenters. The van der Waals surface area contributed by atoms with Crippen molar-refractivity contribution in [1.29, 1.82) is 0 Å². The first-order valence-electron chi connectivity index (χ1n) is 6.91. The van der Waals surface area contributed by atoms with E-state index in [9.17, 15) is 5.11 Å². The monoisotopic (exact) mass is 223 g/mol. The zero-order valence-electron chi connectivity index (χ0n) is 10.3. The van der Waals surface area contributed by atoms with E-state index in [4.69, 9.17) is 0 Å². The van der Waals surface area contributed by atoms with Gasteiger partial charge in [0, 0.05) is 6.54 Å². The van der Waals surface area contributed by atoms with Crippen molar-refractivity contribution in [3.05, 3.63) is 12.2 Å². The molecule has 0 amide bonds. The highest BCUT2D eigenvalue weighted by Gasteiger charge is 2.25. The minimum atomic E-state index is -0.478. The summed E-state index contributed by atoms with van der Waals surface area (Å²) in [5.41, 5.74) is -0.478. The summed E-state index contributed by atoms with van der Waals surface area (Å²) in [6.45, 7) is 3.51. The van der Waals surface area contributed by atoms with Gasteiger partial charge in [-0.2, -0.15) is 0 Å². The molecule has 1 aliphatic heterocycles. The van der Waals surface area contributed by atoms with Gasteiger partial charge in [-0.1, -0.05) is 37.8 Å². The average Bonchev–Trinajstić information content (AvgIpc) is 2.31. The molecule has 0 spiro atoms. The lowest BCUT2D eigenvalue weighted by Crippen LogP contribution is -2.31. The van der Waals surface area contributed by atoms with Crippen LogP contribution in [0.1, 0.15) is 51.4 Å². The number of nitrogens with zero attached hydrogens (tertiary/aromatic N) is 1. The Kier molecular flexibility index (Phi) is 4.42. The van der Waals surface area contributed by atoms with Crippen LogP contribution in [0.5, 0.6) is 0 Å². The van der Waals surface area contributed by atoms with Gasteiger partial charge in [0.05, 0.1) is 5.60 Å². The molecule has 0 aromatic rings. The van der Waals surface area contributed by atoms with Crippen molar-refractivity contribution in [3.63, 3.8) is 0 Å². The maximum Gasteiger partial charge on any atom is 0.0828 e. The van der Waals surface area contributed by atoms with Crippen LogP contribution in [0.15, 0.2) is 12.2 Å². The molecule has 16 heavy (non-hydrogen) atoms. The molecule has 2 heteroatoms. The van der Waals surface area contributed by atoms with Gasteiger partial charge in [-0.3, -0.25) is 4.90 Å². The molecule has 0 aromatic carbocycles. The summed E-state index contributed by atoms with van der Waals surface area (Å²) in [6, 6.07) is 0. The summed E-state index contributed by atoms with van der Waals surface area (Å²) in [6.07, 6.45) is 13.9. The molecule has 1 saturated heterocycles. The molecule has 1 aliphatic carbocycles. The van der Waals surface area contributed by atoms with E-state index in [0.717, 1.165) is 19.4 Å². The quantitative estimate of drug-likeness (QED) is 0.744. The zero-order valence-corrected chi connectivity index (χ0v) is 10.3. The lowest BCUT2D eigenvalue weighted by atomic mass is 9.84. The number of aliphatic hydroxyl groups is 1. The highest BCUT2D eigenvalue weighted by Crippen LogP contribution is 2.29. The van der Waals surface area contributed by atoms with Crippen molar-refractivity contribution in [2.45, 2.75) is 57.0 Å². The van der Waals surface area contributed by atoms with Crippen LogP contribution in [0, 0.1) is 0 Å². The van der Waals surface area contributed by atoms with Gasteiger partial charge in [0.2, 0.25) is 0 Å². The highest BCUT2D eigenvalue weighted by molar-refractivity contribution is 5.03. The van der Waals surface area contributed by atoms with E-state index in [1.165, 1.54) is 51.6 Å². The molecule has 2 aliphatic rings. The third-order valence-corrected chi connectivity index (χ3v) is 3.96. The Morgan fingerprint density at radius 1 is 0.938 bits per heavy atom. The van der Waals surface area contributed by atoms with Crippen LogP contribution in [0.3, 0.4) is 0 Å². The molecule has 2 rings (SSSR count). The minimum absolute atomic E-state index is 0.478. The lowest BCUT2D eigenvalue weighted by Gasteiger charge is -2.30. The van der Waals surface area contributed by atoms with E-state index in [1.54, 1.807) is 0 Å². The molecule has 0 radical (unpaired) electrons. The Morgan fingerprint density at radius 2 is 1.56 bits per heavy atom. The van der Waals surface area contributed by atoms with Crippen molar-refractivity contribution in [1.82, 2.24) is 4.90 Å². The van der Waals surface area contributed by atoms with Gasteiger partial charge in [-0.15, -0.1) is 0 Å². The van der Waals surface area contributed by atoms with Crippen LogP contribution >= 0.6 is 0 Å². The van der Waals surface area contributed by atoms with Gasteiger partial charge >= 0.3 is 0 Å². The van der Waals surface area contributed by atoms with Gasteiger partial charge in [-0.25, -0.2) is 0 Å². The molecular weight excluding hydrogens is 198 g/mol. The Morgan fingerprint density at radius 3 is 2.25 bits per heavy atom. The molecule has 2 fully saturated rings. The maximum atomic E-state index is 10.3. The number of hydrogen-bond donors (Lipinski definition) is 1. The van der Waals surface area contributed by atoms with Crippen LogP contribution in [0.4, 0.5) is 0 Å². The molecule has 1 saturated carbocycles. The molecule has 0 aromatic heterocycles. The van der Waals surface area contributed by atoms with E-state index in [-0.39, 0.29) is 0 Å². The molecule has 0 bridgehead atoms. The first-order valence-corrected chi connectivity index (χ1v) is 6.91. The topological polar surface area (TPSA) is 23.5 Å². The maximum absolute atomic E-state index is 10.3. The smallest absolute Gasteiger partial charge is 0.0828 e. The standard InChI is InChI=1S/C14H25NO/c16-14(8-3-1-4-9-14)10-7-13-15-11-5-2-6-12-15/h7,10,16H,1-6,8-9,11-13H2. The van der Waals surface area contributed by atoms with Crippen LogP contribution in [0.2, 0.25) is 0 Å². The van der Waals surface area contributed by atoms with E-state index in [2.05, 4.69) is 17.1 Å².